The van der Waals surface area contributed by atoms with Crippen LogP contribution in [0.15, 0.2) is 12.1 Å². The molecule has 0 aromatic carbocycles. The fraction of sp³-hybridized carbons (Fsp3) is 0.689. The van der Waals surface area contributed by atoms with Crippen molar-refractivity contribution in [2.75, 3.05) is 9.80 Å². The van der Waals surface area contributed by atoms with Crippen LogP contribution in [0.3, 0.4) is 0 Å². The molecule has 18 heteroatoms. The highest BCUT2D eigenvalue weighted by molar-refractivity contribution is 7.15. The number of alkyl carbamates (subject to hydrolysis) is 1. The smallest absolute Gasteiger partial charge is 0.408 e. The Bertz CT molecular complexity index is 2600. The highest BCUT2D eigenvalue weighted by Crippen LogP contribution is 2.41. The molecule has 2 aromatic heterocycles. The van der Waals surface area contributed by atoms with Gasteiger partial charge in [-0.1, -0.05) is 37.5 Å². The molecule has 0 bridgehead atoms. The van der Waals surface area contributed by atoms with Gasteiger partial charge in [-0.2, -0.15) is 0 Å². The highest BCUT2D eigenvalue weighted by atomic mass is 32.1. The van der Waals surface area contributed by atoms with E-state index in [2.05, 4.69) is 42.8 Å². The average Bonchev–Trinajstić information content (AvgIpc) is 4.16. The largest absolute Gasteiger partial charge is 0.477 e. The Morgan fingerprint density at radius 3 is 1.25 bits per heavy atom. The number of carbonyl (C=O) groups excluding carboxylic acids is 5. The summed E-state index contributed by atoms with van der Waals surface area (Å²) in [6.45, 7) is 24.8. The lowest BCUT2D eigenvalue weighted by Gasteiger charge is -2.39. The van der Waals surface area contributed by atoms with Crippen molar-refractivity contribution in [3.05, 3.63) is 31.6 Å². The van der Waals surface area contributed by atoms with Crippen molar-refractivity contribution >= 4 is 75.8 Å². The van der Waals surface area contributed by atoms with Crippen LogP contribution in [0.2, 0.25) is 0 Å². The second-order valence-corrected chi connectivity index (χ2v) is 27.6. The monoisotopic (exact) mass is 1130 g/mol. The van der Waals surface area contributed by atoms with Gasteiger partial charge in [-0.15, -0.1) is 22.7 Å². The van der Waals surface area contributed by atoms with Crippen molar-refractivity contribution in [1.82, 2.24) is 5.32 Å². The van der Waals surface area contributed by atoms with Crippen LogP contribution in [0.1, 0.15) is 222 Å². The molecule has 79 heavy (non-hydrogen) atoms. The van der Waals surface area contributed by atoms with Crippen LogP contribution < -0.4 is 20.9 Å². The third-order valence-corrected chi connectivity index (χ3v) is 16.8. The first kappa shape index (κ1) is 64.4. The number of amides is 3. The molecule has 0 saturated heterocycles. The third-order valence-electron chi connectivity index (χ3n) is 14.7. The van der Waals surface area contributed by atoms with Gasteiger partial charge in [0.05, 0.1) is 21.1 Å². The molecule has 4 fully saturated rings. The Morgan fingerprint density at radius 1 is 0.582 bits per heavy atom. The van der Waals surface area contributed by atoms with E-state index in [1.165, 1.54) is 0 Å². The van der Waals surface area contributed by atoms with Gasteiger partial charge < -0.3 is 45.3 Å². The van der Waals surface area contributed by atoms with Crippen LogP contribution in [-0.4, -0.2) is 94.0 Å². The molecular weight excluding hydrogens is 1040 g/mol. The van der Waals surface area contributed by atoms with Crippen molar-refractivity contribution in [2.45, 2.75) is 235 Å². The van der Waals surface area contributed by atoms with E-state index in [1.54, 1.807) is 56.6 Å². The number of carboxylic acid groups (broad SMARTS) is 2. The predicted molar refractivity (Wildman–Crippen MR) is 309 cm³/mol. The zero-order chi connectivity index (χ0) is 58.7. The minimum atomic E-state index is -1.08. The van der Waals surface area contributed by atoms with Gasteiger partial charge in [-0.05, 0) is 203 Å². The van der Waals surface area contributed by atoms with Crippen molar-refractivity contribution in [3.8, 4) is 23.7 Å². The summed E-state index contributed by atoms with van der Waals surface area (Å²) in [4.78, 5) is 94.5. The number of hydrogen-bond acceptors (Lipinski definition) is 13. The SMILES string of the molecule is CC1CCC(C(=O)N(c2cc(C#CC(C)(C)C)sc2C(=O)O)C2CCC(OC(=O)[C@@H](C)N)CC2)CC1.CC1CCC(C(=O)N(c2cc(C#CC(C)(C)C)sc2C(=O)O)C2CCC(OC(=O)[C@@H](C)NC(=O)OC(C)(C)C)CC2)CC1. The molecule has 2 aromatic rings. The van der Waals surface area contributed by atoms with Gasteiger partial charge in [0, 0.05) is 34.7 Å². The molecule has 4 aliphatic rings. The lowest BCUT2D eigenvalue weighted by molar-refractivity contribution is -0.153. The number of hydrogen-bond donors (Lipinski definition) is 4. The summed E-state index contributed by atoms with van der Waals surface area (Å²) in [6, 6.07) is 1.60. The zero-order valence-electron chi connectivity index (χ0n) is 49.0. The molecule has 2 atom stereocenters. The number of nitrogens with zero attached hydrogens (tertiary/aromatic N) is 2. The zero-order valence-corrected chi connectivity index (χ0v) is 50.6. The lowest BCUT2D eigenvalue weighted by atomic mass is 9.81. The molecule has 4 aliphatic carbocycles. The fourth-order valence-electron chi connectivity index (χ4n) is 10.4. The maximum atomic E-state index is 14.1. The Labute approximate surface area is 477 Å². The van der Waals surface area contributed by atoms with Crippen LogP contribution in [0.4, 0.5) is 16.2 Å². The lowest BCUT2D eigenvalue weighted by Crippen LogP contribution is -2.48. The van der Waals surface area contributed by atoms with Gasteiger partial charge in [0.15, 0.2) is 0 Å². The Morgan fingerprint density at radius 2 is 0.937 bits per heavy atom. The number of thiophene rings is 2. The molecule has 6 rings (SSSR count). The van der Waals surface area contributed by atoms with E-state index >= 15 is 0 Å². The first-order valence-corrected chi connectivity index (χ1v) is 30.0. The van der Waals surface area contributed by atoms with Crippen molar-refractivity contribution < 1.29 is 58.0 Å². The highest BCUT2D eigenvalue weighted by Gasteiger charge is 2.41. The number of esters is 2. The van der Waals surface area contributed by atoms with E-state index in [-0.39, 0.29) is 68.5 Å². The molecule has 0 aliphatic heterocycles. The van der Waals surface area contributed by atoms with Crippen LogP contribution in [0.25, 0.3) is 0 Å². The van der Waals surface area contributed by atoms with Gasteiger partial charge in [-0.25, -0.2) is 19.2 Å². The summed E-state index contributed by atoms with van der Waals surface area (Å²) in [6.07, 6.45) is 10.5. The molecule has 4 saturated carbocycles. The molecule has 436 valence electrons. The summed E-state index contributed by atoms with van der Waals surface area (Å²) in [7, 11) is 0. The average molecular weight is 1130 g/mol. The number of anilines is 2. The van der Waals surface area contributed by atoms with Crippen molar-refractivity contribution in [3.63, 3.8) is 0 Å². The fourth-order valence-corrected chi connectivity index (χ4v) is 12.1. The van der Waals surface area contributed by atoms with E-state index in [1.807, 2.05) is 41.5 Å². The molecule has 0 radical (unpaired) electrons. The predicted octanol–water partition coefficient (Wildman–Crippen LogP) is 12.0. The minimum absolute atomic E-state index is 0.00792. The second kappa shape index (κ2) is 27.8. The van der Waals surface area contributed by atoms with Crippen LogP contribution in [-0.2, 0) is 33.4 Å². The molecular formula is C61H88N4O12S2. The topological polar surface area (TPSA) is 232 Å². The number of ether oxygens (including phenoxy) is 3. The van der Waals surface area contributed by atoms with Crippen molar-refractivity contribution in [2.24, 2.45) is 40.2 Å². The number of aromatic carboxylic acids is 2. The summed E-state index contributed by atoms with van der Waals surface area (Å²) in [5.74, 6) is 10.4. The quantitative estimate of drug-likeness (QED) is 0.0831. The number of rotatable bonds is 13. The summed E-state index contributed by atoms with van der Waals surface area (Å²) >= 11 is 2.23. The van der Waals surface area contributed by atoms with Crippen LogP contribution in [0, 0.1) is 58.2 Å². The molecule has 5 N–H and O–H groups in total. The Kier molecular flexibility index (Phi) is 22.7. The van der Waals surface area contributed by atoms with E-state index in [0.717, 1.165) is 74.0 Å². The number of nitrogens with one attached hydrogen (secondary N) is 1. The second-order valence-electron chi connectivity index (χ2n) is 25.5. The van der Waals surface area contributed by atoms with Gasteiger partial charge in [-0.3, -0.25) is 14.4 Å². The first-order valence-electron chi connectivity index (χ1n) is 28.4. The first-order chi connectivity index (χ1) is 36.8. The van der Waals surface area contributed by atoms with E-state index < -0.39 is 47.7 Å². The van der Waals surface area contributed by atoms with Crippen LogP contribution in [0.5, 0.6) is 0 Å². The van der Waals surface area contributed by atoms with Gasteiger partial charge in [0.1, 0.15) is 39.6 Å². The molecule has 0 unspecified atom stereocenters. The number of carboxylic acids is 2. The van der Waals surface area contributed by atoms with E-state index in [4.69, 9.17) is 19.9 Å². The molecule has 2 heterocycles. The van der Waals surface area contributed by atoms with Gasteiger partial charge in [0.2, 0.25) is 11.8 Å². The van der Waals surface area contributed by atoms with Crippen LogP contribution >= 0.6 is 22.7 Å². The molecule has 0 spiro atoms. The maximum Gasteiger partial charge on any atom is 0.408 e. The third kappa shape index (κ3) is 19.7. The van der Waals surface area contributed by atoms with E-state index in [9.17, 15) is 43.8 Å². The molecule has 3 amide bonds. The maximum absolute atomic E-state index is 14.1. The summed E-state index contributed by atoms with van der Waals surface area (Å²) < 4.78 is 16.5. The Hall–Kier alpha value is -5.43. The van der Waals surface area contributed by atoms with Gasteiger partial charge >= 0.3 is 30.0 Å². The summed E-state index contributed by atoms with van der Waals surface area (Å²) in [5, 5.41) is 22.7. The Balaban J connectivity index is 0.000000295. The van der Waals surface area contributed by atoms with Gasteiger partial charge in [0.25, 0.3) is 0 Å². The molecule has 16 nitrogen and oxygen atoms in total. The number of nitrogens with two attached hydrogens (primary N) is 1. The van der Waals surface area contributed by atoms with E-state index in [0.29, 0.717) is 84.3 Å². The normalized spacial score (nSPS) is 24.2. The standard InChI is InChI=1S/C33H48N2O7S.C28H40N2O5S/c1-20-9-11-22(12-10-20)28(36)35(26-19-25(17-18-32(3,4)5)43-27(26)29(37)38)23-13-15-24(16-14-23)41-30(39)21(2)34-31(40)42-33(6,7)8;1-17-6-8-19(9-7-17)25(31)30(20-10-12-21(13-11-20)35-27(34)18(2)29)23-16-22(14-15-28(3,4)5)36-24(23)26(32)33/h19-24H,9-16H2,1-8H3,(H,34,40)(H,37,38);16-21H,6-13,29H2,1-5H3,(H,32,33)/t20?,21-,22?,23?,24?;17?,18-,19?,20?,21?/m11/s1. The summed E-state index contributed by atoms with van der Waals surface area (Å²) in [5.41, 5.74) is 5.34. The number of carbonyl (C=O) groups is 7. The van der Waals surface area contributed by atoms with Crippen molar-refractivity contribution in [1.29, 1.82) is 0 Å². The minimum Gasteiger partial charge on any atom is -0.477 e.